The minimum atomic E-state index is -0.172. The monoisotopic (exact) mass is 431 g/mol. The summed E-state index contributed by atoms with van der Waals surface area (Å²) in [5.74, 6) is 1.62. The van der Waals surface area contributed by atoms with Crippen molar-refractivity contribution in [3.8, 4) is 23.0 Å². The molecule has 0 saturated carbocycles. The number of aromatic nitrogens is 4. The molecule has 32 heavy (non-hydrogen) atoms. The first-order chi connectivity index (χ1) is 15.7. The van der Waals surface area contributed by atoms with E-state index in [4.69, 9.17) is 9.47 Å². The van der Waals surface area contributed by atoms with E-state index in [0.717, 1.165) is 23.3 Å². The third-order valence-corrected chi connectivity index (χ3v) is 5.16. The Morgan fingerprint density at radius 3 is 2.53 bits per heavy atom. The van der Waals surface area contributed by atoms with Crippen LogP contribution < -0.4 is 14.8 Å². The van der Waals surface area contributed by atoms with Gasteiger partial charge >= 0.3 is 0 Å². The molecule has 4 rings (SSSR count). The van der Waals surface area contributed by atoms with Crippen LogP contribution in [0.25, 0.3) is 17.0 Å². The zero-order valence-corrected chi connectivity index (χ0v) is 18.1. The fraction of sp³-hybridized carbons (Fsp3) is 0.250. The first kappa shape index (κ1) is 21.3. The Morgan fingerprint density at radius 2 is 1.81 bits per heavy atom. The van der Waals surface area contributed by atoms with Crippen molar-refractivity contribution in [3.63, 3.8) is 0 Å². The number of carbonyl (C=O) groups is 1. The first-order valence-electron chi connectivity index (χ1n) is 10.5. The van der Waals surface area contributed by atoms with Crippen LogP contribution in [0, 0.1) is 0 Å². The van der Waals surface area contributed by atoms with Gasteiger partial charge in [0.1, 0.15) is 12.4 Å². The quantitative estimate of drug-likeness (QED) is 0.408. The topological polar surface area (TPSA) is 90.6 Å². The lowest BCUT2D eigenvalue weighted by Crippen LogP contribution is -2.32. The van der Waals surface area contributed by atoms with Crippen LogP contribution in [0.1, 0.15) is 24.8 Å². The number of ether oxygens (including phenoxy) is 2. The highest BCUT2D eigenvalue weighted by atomic mass is 16.5. The average molecular weight is 431 g/mol. The van der Waals surface area contributed by atoms with Gasteiger partial charge in [-0.1, -0.05) is 37.3 Å². The number of carbonyl (C=O) groups excluding carboxylic acids is 1. The number of fused-ring (bicyclic) bond motifs is 1. The molecule has 0 aliphatic heterocycles. The Kier molecular flexibility index (Phi) is 6.60. The molecule has 0 fully saturated rings. The number of methoxy groups -OCH3 is 1. The van der Waals surface area contributed by atoms with Crippen LogP contribution in [0.15, 0.2) is 66.7 Å². The fourth-order valence-corrected chi connectivity index (χ4v) is 3.48. The van der Waals surface area contributed by atoms with Gasteiger partial charge in [-0.05, 0) is 42.3 Å². The Labute approximate surface area is 186 Å². The van der Waals surface area contributed by atoms with Crippen molar-refractivity contribution in [2.45, 2.75) is 19.3 Å². The zero-order chi connectivity index (χ0) is 22.3. The number of hydrogen-bond donors (Lipinski definition) is 1. The lowest BCUT2D eigenvalue weighted by molar-refractivity contribution is -0.122. The number of hydrogen-bond acceptors (Lipinski definition) is 6. The molecule has 0 saturated heterocycles. The molecule has 8 nitrogen and oxygen atoms in total. The SMILES string of the molecule is CCC(C(=O)NCCOc1ccc2nnc(-c3ccc(OC)cc3)n2n1)c1ccccc1. The highest BCUT2D eigenvalue weighted by Gasteiger charge is 2.18. The van der Waals surface area contributed by atoms with E-state index in [2.05, 4.69) is 20.6 Å². The van der Waals surface area contributed by atoms with Gasteiger partial charge in [-0.2, -0.15) is 4.52 Å². The van der Waals surface area contributed by atoms with Crippen molar-refractivity contribution in [1.29, 1.82) is 0 Å². The molecule has 8 heteroatoms. The summed E-state index contributed by atoms with van der Waals surface area (Å²) in [7, 11) is 1.62. The minimum Gasteiger partial charge on any atom is -0.497 e. The summed E-state index contributed by atoms with van der Waals surface area (Å²) in [5.41, 5.74) is 2.49. The minimum absolute atomic E-state index is 0.00804. The van der Waals surface area contributed by atoms with E-state index in [1.54, 1.807) is 23.8 Å². The third-order valence-electron chi connectivity index (χ3n) is 5.16. The second-order valence-electron chi connectivity index (χ2n) is 7.20. The van der Waals surface area contributed by atoms with Crippen LogP contribution in [0.3, 0.4) is 0 Å². The molecule has 2 aromatic heterocycles. The van der Waals surface area contributed by atoms with Gasteiger partial charge in [0.15, 0.2) is 11.5 Å². The molecule has 1 amide bonds. The van der Waals surface area contributed by atoms with E-state index in [1.807, 2.05) is 61.5 Å². The molecule has 4 aromatic rings. The van der Waals surface area contributed by atoms with E-state index >= 15 is 0 Å². The van der Waals surface area contributed by atoms with E-state index in [9.17, 15) is 4.79 Å². The van der Waals surface area contributed by atoms with Crippen LogP contribution in [0.4, 0.5) is 0 Å². The maximum Gasteiger partial charge on any atom is 0.231 e. The van der Waals surface area contributed by atoms with Gasteiger partial charge in [-0.25, -0.2) is 0 Å². The molecule has 164 valence electrons. The van der Waals surface area contributed by atoms with Crippen molar-refractivity contribution in [2.24, 2.45) is 0 Å². The van der Waals surface area contributed by atoms with Crippen molar-refractivity contribution in [2.75, 3.05) is 20.3 Å². The van der Waals surface area contributed by atoms with Crippen LogP contribution in [-0.4, -0.2) is 46.0 Å². The van der Waals surface area contributed by atoms with Crippen LogP contribution in [0.2, 0.25) is 0 Å². The molecule has 2 heterocycles. The third kappa shape index (κ3) is 4.69. The molecule has 0 aliphatic rings. The Hall–Kier alpha value is -3.94. The number of nitrogens with zero attached hydrogens (tertiary/aromatic N) is 4. The first-order valence-corrected chi connectivity index (χ1v) is 10.5. The molecule has 0 aliphatic carbocycles. The summed E-state index contributed by atoms with van der Waals surface area (Å²) < 4.78 is 12.6. The lowest BCUT2D eigenvalue weighted by Gasteiger charge is -2.15. The molecule has 2 aromatic carbocycles. The predicted molar refractivity (Wildman–Crippen MR) is 121 cm³/mol. The normalized spacial score (nSPS) is 11.8. The van der Waals surface area contributed by atoms with Crippen molar-refractivity contribution in [1.82, 2.24) is 25.1 Å². The van der Waals surface area contributed by atoms with E-state index < -0.39 is 0 Å². The van der Waals surface area contributed by atoms with Crippen molar-refractivity contribution >= 4 is 11.6 Å². The molecule has 0 bridgehead atoms. The number of amides is 1. The number of nitrogens with one attached hydrogen (secondary N) is 1. The summed E-state index contributed by atoms with van der Waals surface area (Å²) >= 11 is 0. The van der Waals surface area contributed by atoms with Crippen molar-refractivity contribution in [3.05, 3.63) is 72.3 Å². The standard InChI is InChI=1S/C24H25N5O3/c1-3-20(17-7-5-4-6-8-17)24(30)25-15-16-32-22-14-13-21-26-27-23(29(21)28-22)18-9-11-19(31-2)12-10-18/h4-14,20H,3,15-16H2,1-2H3,(H,25,30). The molecule has 0 spiro atoms. The smallest absolute Gasteiger partial charge is 0.231 e. The largest absolute Gasteiger partial charge is 0.497 e. The summed E-state index contributed by atoms with van der Waals surface area (Å²) in [6.45, 7) is 2.69. The van der Waals surface area contributed by atoms with Crippen LogP contribution >= 0.6 is 0 Å². The second kappa shape index (κ2) is 9.91. The maximum absolute atomic E-state index is 12.6. The average Bonchev–Trinajstić information content (AvgIpc) is 3.26. The van der Waals surface area contributed by atoms with Gasteiger partial charge in [-0.15, -0.1) is 15.3 Å². The van der Waals surface area contributed by atoms with Gasteiger partial charge in [0, 0.05) is 11.6 Å². The van der Waals surface area contributed by atoms with E-state index in [1.165, 1.54) is 0 Å². The Bertz CT molecular complexity index is 1180. The summed E-state index contributed by atoms with van der Waals surface area (Å²) in [5, 5.41) is 15.8. The molecule has 0 radical (unpaired) electrons. The van der Waals surface area contributed by atoms with Gasteiger partial charge < -0.3 is 14.8 Å². The molecule has 1 N–H and O–H groups in total. The maximum atomic E-state index is 12.6. The Morgan fingerprint density at radius 1 is 1.03 bits per heavy atom. The highest BCUT2D eigenvalue weighted by Crippen LogP contribution is 2.22. The zero-order valence-electron chi connectivity index (χ0n) is 18.1. The van der Waals surface area contributed by atoms with Gasteiger partial charge in [-0.3, -0.25) is 4.79 Å². The molecule has 1 atom stereocenters. The number of benzene rings is 2. The van der Waals surface area contributed by atoms with Crippen molar-refractivity contribution < 1.29 is 14.3 Å². The van der Waals surface area contributed by atoms with Crippen LogP contribution in [0.5, 0.6) is 11.6 Å². The molecular formula is C24H25N5O3. The highest BCUT2D eigenvalue weighted by molar-refractivity contribution is 5.83. The van der Waals surface area contributed by atoms with Gasteiger partial charge in [0.05, 0.1) is 19.6 Å². The molecular weight excluding hydrogens is 406 g/mol. The summed E-state index contributed by atoms with van der Waals surface area (Å²) in [6.07, 6.45) is 0.733. The fourth-order valence-electron chi connectivity index (χ4n) is 3.48. The number of rotatable bonds is 9. The van der Waals surface area contributed by atoms with Gasteiger partial charge in [0.2, 0.25) is 11.8 Å². The Balaban J connectivity index is 1.38. The predicted octanol–water partition coefficient (Wildman–Crippen LogP) is 3.49. The van der Waals surface area contributed by atoms with E-state index in [-0.39, 0.29) is 11.8 Å². The van der Waals surface area contributed by atoms with Crippen LogP contribution in [-0.2, 0) is 4.79 Å². The summed E-state index contributed by atoms with van der Waals surface area (Å²) in [6, 6.07) is 20.8. The van der Waals surface area contributed by atoms with E-state index in [0.29, 0.717) is 30.5 Å². The van der Waals surface area contributed by atoms with Gasteiger partial charge in [0.25, 0.3) is 0 Å². The second-order valence-corrected chi connectivity index (χ2v) is 7.20. The summed E-state index contributed by atoms with van der Waals surface area (Å²) in [4.78, 5) is 12.6. The lowest BCUT2D eigenvalue weighted by atomic mass is 9.96. The molecule has 1 unspecified atom stereocenters.